The highest BCUT2D eigenvalue weighted by atomic mass is 28.3. The zero-order chi connectivity index (χ0) is 37.9. The molecular formula is C55H43NSi. The fraction of sp³-hybridized carbons (Fsp3) is 0.127. The van der Waals surface area contributed by atoms with Crippen molar-refractivity contribution in [3.8, 4) is 33.4 Å². The highest BCUT2D eigenvalue weighted by molar-refractivity contribution is 7.05. The van der Waals surface area contributed by atoms with Gasteiger partial charge >= 0.3 is 0 Å². The van der Waals surface area contributed by atoms with Crippen molar-refractivity contribution >= 4 is 67.8 Å². The molecule has 0 aromatic heterocycles. The standard InChI is InChI=1S/C55H43NSi/c1-55(2)47-20-8-7-17-41(47)45-35-40(28-30-48(45)55)53-42-18-5-6-19-43(42)54(44-29-27-39(34-46(44)53)38-26-25-36-15-3-4-16-37(36)33-38)56-49-21-9-11-23-51(49)57(31-13-14-32-57)52-24-12-10-22-50(52)56/h3-12,15-30,33-35H,13-14,31-32H2,1-2H3. The van der Waals surface area contributed by atoms with Gasteiger partial charge in [-0.1, -0.05) is 172 Å². The summed E-state index contributed by atoms with van der Waals surface area (Å²) in [7, 11) is -1.90. The first-order valence-electron chi connectivity index (χ1n) is 20.7. The third-order valence-corrected chi connectivity index (χ3v) is 19.3. The first-order chi connectivity index (χ1) is 28.0. The smallest absolute Gasteiger partial charge is 0.123 e. The van der Waals surface area contributed by atoms with Gasteiger partial charge in [0.25, 0.3) is 0 Å². The van der Waals surface area contributed by atoms with Gasteiger partial charge in [0, 0.05) is 27.6 Å². The molecule has 1 saturated heterocycles. The van der Waals surface area contributed by atoms with Crippen molar-refractivity contribution < 1.29 is 0 Å². The Hall–Kier alpha value is -6.22. The Kier molecular flexibility index (Phi) is 7.02. The minimum atomic E-state index is -1.90. The average Bonchev–Trinajstić information content (AvgIpc) is 3.84. The molecule has 0 amide bonds. The van der Waals surface area contributed by atoms with E-state index in [4.69, 9.17) is 0 Å². The van der Waals surface area contributed by atoms with Gasteiger partial charge in [-0.25, -0.2) is 0 Å². The second kappa shape index (κ2) is 12.1. The quantitative estimate of drug-likeness (QED) is 0.129. The molecule has 2 aliphatic heterocycles. The van der Waals surface area contributed by atoms with E-state index < -0.39 is 8.07 Å². The summed E-state index contributed by atoms with van der Waals surface area (Å²) in [4.78, 5) is 2.66. The van der Waals surface area contributed by atoms with Gasteiger partial charge in [-0.2, -0.15) is 0 Å². The summed E-state index contributed by atoms with van der Waals surface area (Å²) in [5.41, 5.74) is 14.5. The molecule has 0 radical (unpaired) electrons. The van der Waals surface area contributed by atoms with Crippen LogP contribution in [0.5, 0.6) is 0 Å². The van der Waals surface area contributed by atoms with Crippen LogP contribution in [0, 0.1) is 0 Å². The third-order valence-electron chi connectivity index (χ3n) is 14.0. The number of anilines is 3. The second-order valence-corrected chi connectivity index (χ2v) is 21.4. The van der Waals surface area contributed by atoms with Gasteiger partial charge < -0.3 is 4.90 Å². The fourth-order valence-electron chi connectivity index (χ4n) is 11.3. The summed E-state index contributed by atoms with van der Waals surface area (Å²) in [6.07, 6.45) is 2.66. The van der Waals surface area contributed by atoms with E-state index in [1.54, 1.807) is 10.4 Å². The molecule has 2 heteroatoms. The van der Waals surface area contributed by atoms with E-state index in [0.717, 1.165) is 0 Å². The molecule has 0 bridgehead atoms. The number of nitrogens with zero attached hydrogens (tertiary/aromatic N) is 1. The molecule has 1 aliphatic carbocycles. The predicted octanol–water partition coefficient (Wildman–Crippen LogP) is 13.9. The first kappa shape index (κ1) is 33.0. The Balaban J connectivity index is 1.19. The van der Waals surface area contributed by atoms with Crippen LogP contribution in [0.4, 0.5) is 17.1 Å². The van der Waals surface area contributed by atoms with E-state index in [-0.39, 0.29) is 5.41 Å². The lowest BCUT2D eigenvalue weighted by Gasteiger charge is -2.43. The van der Waals surface area contributed by atoms with Gasteiger partial charge in [0.1, 0.15) is 8.07 Å². The molecule has 1 fully saturated rings. The van der Waals surface area contributed by atoms with Crippen LogP contribution < -0.4 is 15.3 Å². The van der Waals surface area contributed by atoms with Gasteiger partial charge in [-0.05, 0) is 119 Å². The largest absolute Gasteiger partial charge is 0.309 e. The molecule has 1 spiro atoms. The zero-order valence-corrected chi connectivity index (χ0v) is 33.5. The molecule has 2 heterocycles. The van der Waals surface area contributed by atoms with Gasteiger partial charge in [0.05, 0.1) is 5.69 Å². The van der Waals surface area contributed by atoms with E-state index in [1.807, 2.05) is 0 Å². The van der Waals surface area contributed by atoms with E-state index in [0.29, 0.717) is 0 Å². The van der Waals surface area contributed by atoms with E-state index in [9.17, 15) is 0 Å². The first-order valence-corrected chi connectivity index (χ1v) is 23.1. The van der Waals surface area contributed by atoms with Crippen molar-refractivity contribution in [2.24, 2.45) is 0 Å². The number of para-hydroxylation sites is 2. The van der Waals surface area contributed by atoms with Crippen LogP contribution in [0.25, 0.3) is 65.7 Å². The number of hydrogen-bond acceptors (Lipinski definition) is 1. The molecule has 0 N–H and O–H groups in total. The van der Waals surface area contributed by atoms with Gasteiger partial charge in [0.2, 0.25) is 0 Å². The van der Waals surface area contributed by atoms with Crippen LogP contribution in [0.15, 0.2) is 176 Å². The summed E-state index contributed by atoms with van der Waals surface area (Å²) in [5.74, 6) is 0. The van der Waals surface area contributed by atoms with Crippen molar-refractivity contribution in [1.29, 1.82) is 0 Å². The van der Waals surface area contributed by atoms with Crippen molar-refractivity contribution in [1.82, 2.24) is 0 Å². The van der Waals surface area contributed by atoms with Crippen LogP contribution in [-0.4, -0.2) is 8.07 Å². The average molecular weight is 746 g/mol. The summed E-state index contributed by atoms with van der Waals surface area (Å²) in [6.45, 7) is 4.75. The van der Waals surface area contributed by atoms with E-state index >= 15 is 0 Å². The van der Waals surface area contributed by atoms with Crippen LogP contribution >= 0.6 is 0 Å². The monoisotopic (exact) mass is 745 g/mol. The molecule has 3 aliphatic rings. The molecule has 0 saturated carbocycles. The highest BCUT2D eigenvalue weighted by Crippen LogP contribution is 2.53. The van der Waals surface area contributed by atoms with Crippen molar-refractivity contribution in [3.63, 3.8) is 0 Å². The topological polar surface area (TPSA) is 3.24 Å². The Bertz CT molecular complexity index is 3080. The molecule has 0 atom stereocenters. The number of hydrogen-bond donors (Lipinski definition) is 0. The van der Waals surface area contributed by atoms with E-state index in [1.165, 1.54) is 119 Å². The Morgan fingerprint density at radius 2 is 1.02 bits per heavy atom. The van der Waals surface area contributed by atoms with Crippen molar-refractivity contribution in [2.75, 3.05) is 4.90 Å². The van der Waals surface area contributed by atoms with Crippen molar-refractivity contribution in [2.45, 2.75) is 44.2 Å². The molecule has 12 rings (SSSR count). The lowest BCUT2D eigenvalue weighted by atomic mass is 9.81. The normalized spacial score (nSPS) is 15.9. The van der Waals surface area contributed by atoms with Crippen molar-refractivity contribution in [3.05, 3.63) is 187 Å². The van der Waals surface area contributed by atoms with E-state index in [2.05, 4.69) is 195 Å². The Morgan fingerprint density at radius 3 is 1.81 bits per heavy atom. The maximum absolute atomic E-state index is 2.66. The highest BCUT2D eigenvalue weighted by Gasteiger charge is 2.47. The Morgan fingerprint density at radius 1 is 0.439 bits per heavy atom. The van der Waals surface area contributed by atoms with Gasteiger partial charge in [0.15, 0.2) is 0 Å². The minimum absolute atomic E-state index is 0.0449. The maximum atomic E-state index is 2.66. The SMILES string of the molecule is CC1(C)c2ccccc2-c2cc(-c3c4ccccc4c(N4c5ccccc5[Si]5(CCCC5)c5ccccc54)c4ccc(-c5ccc6ccccc6c5)cc34)ccc21. The fourth-order valence-corrected chi connectivity index (χ4v) is 16.8. The molecular weight excluding hydrogens is 703 g/mol. The number of fused-ring (bicyclic) bond motifs is 10. The summed E-state index contributed by atoms with van der Waals surface area (Å²) >= 11 is 0. The zero-order valence-electron chi connectivity index (χ0n) is 32.5. The van der Waals surface area contributed by atoms with Crippen LogP contribution in [0.1, 0.15) is 37.8 Å². The number of benzene rings is 9. The second-order valence-electron chi connectivity index (χ2n) is 17.2. The lowest BCUT2D eigenvalue weighted by Crippen LogP contribution is -2.60. The van der Waals surface area contributed by atoms with Gasteiger partial charge in [-0.3, -0.25) is 0 Å². The summed E-state index contributed by atoms with van der Waals surface area (Å²) < 4.78 is 0. The number of rotatable bonds is 3. The molecule has 9 aromatic rings. The summed E-state index contributed by atoms with van der Waals surface area (Å²) in [6, 6.07) is 70.0. The van der Waals surface area contributed by atoms with Crippen LogP contribution in [-0.2, 0) is 5.41 Å². The molecule has 0 unspecified atom stereocenters. The Labute approximate surface area is 335 Å². The minimum Gasteiger partial charge on any atom is -0.309 e. The van der Waals surface area contributed by atoms with Gasteiger partial charge in [-0.15, -0.1) is 0 Å². The lowest BCUT2D eigenvalue weighted by molar-refractivity contribution is 0.660. The summed E-state index contributed by atoms with van der Waals surface area (Å²) in [5, 5.41) is 10.9. The third kappa shape index (κ3) is 4.62. The van der Waals surface area contributed by atoms with Crippen LogP contribution in [0.3, 0.4) is 0 Å². The molecule has 9 aromatic carbocycles. The molecule has 1 nitrogen and oxygen atoms in total. The molecule has 57 heavy (non-hydrogen) atoms. The predicted molar refractivity (Wildman–Crippen MR) is 246 cm³/mol. The molecule has 272 valence electrons. The van der Waals surface area contributed by atoms with Crippen LogP contribution in [0.2, 0.25) is 12.1 Å². The maximum Gasteiger partial charge on any atom is 0.123 e.